The monoisotopic (exact) mass is 338 g/mol. The lowest BCUT2D eigenvalue weighted by molar-refractivity contribution is 0.179. The number of fused-ring (bicyclic) bond motifs is 6. The van der Waals surface area contributed by atoms with Crippen LogP contribution in [0.25, 0.3) is 28.1 Å². The maximum absolute atomic E-state index is 14.3. The molecular weight excluding hydrogens is 327 g/mol. The first kappa shape index (κ1) is 14.0. The molecule has 0 unspecified atom stereocenters. The Morgan fingerprint density at radius 3 is 2.88 bits per heavy atom. The molecule has 0 aliphatic rings. The SMILES string of the molecule is COCc1cnnn1-c1nnc2c3ccccc3n3c(F)ncc3n12. The highest BCUT2D eigenvalue weighted by atomic mass is 19.1. The lowest BCUT2D eigenvalue weighted by atomic mass is 10.2. The van der Waals surface area contributed by atoms with E-state index in [1.165, 1.54) is 15.3 Å². The molecule has 0 bridgehead atoms. The van der Waals surface area contributed by atoms with Gasteiger partial charge in [0.05, 0.1) is 30.2 Å². The van der Waals surface area contributed by atoms with E-state index in [9.17, 15) is 4.39 Å². The van der Waals surface area contributed by atoms with Crippen molar-refractivity contribution in [3.05, 3.63) is 48.4 Å². The molecule has 0 atom stereocenters. The molecule has 0 saturated carbocycles. The van der Waals surface area contributed by atoms with Crippen LogP contribution < -0.4 is 0 Å². The number of aromatic nitrogens is 8. The minimum Gasteiger partial charge on any atom is -0.378 e. The van der Waals surface area contributed by atoms with Crippen LogP contribution in [0.3, 0.4) is 0 Å². The Bertz CT molecular complexity index is 1240. The summed E-state index contributed by atoms with van der Waals surface area (Å²) in [5.74, 6) is 0.384. The summed E-state index contributed by atoms with van der Waals surface area (Å²) in [5, 5.41) is 17.2. The first-order chi connectivity index (χ1) is 12.3. The van der Waals surface area contributed by atoms with Crippen LogP contribution in [0.5, 0.6) is 0 Å². The maximum Gasteiger partial charge on any atom is 0.295 e. The van der Waals surface area contributed by atoms with Gasteiger partial charge in [0.25, 0.3) is 12.0 Å². The van der Waals surface area contributed by atoms with Crippen LogP contribution in [0.4, 0.5) is 4.39 Å². The molecule has 9 nitrogen and oxygen atoms in total. The second kappa shape index (κ2) is 5.05. The second-order valence-corrected chi connectivity index (χ2v) is 5.47. The van der Waals surface area contributed by atoms with E-state index in [0.717, 1.165) is 5.39 Å². The zero-order valence-corrected chi connectivity index (χ0v) is 13.0. The molecule has 0 aliphatic carbocycles. The molecule has 10 heteroatoms. The zero-order valence-electron chi connectivity index (χ0n) is 13.0. The Balaban J connectivity index is 1.96. The van der Waals surface area contributed by atoms with Crippen molar-refractivity contribution in [2.75, 3.05) is 7.11 Å². The highest BCUT2D eigenvalue weighted by molar-refractivity contribution is 5.94. The van der Waals surface area contributed by atoms with Gasteiger partial charge in [0.1, 0.15) is 5.65 Å². The summed E-state index contributed by atoms with van der Waals surface area (Å²) in [5.41, 5.74) is 2.43. The molecular formula is C15H11FN8O. The predicted octanol–water partition coefficient (Wildman–Crippen LogP) is 1.40. The smallest absolute Gasteiger partial charge is 0.295 e. The Kier molecular flexibility index (Phi) is 2.82. The van der Waals surface area contributed by atoms with Crippen molar-refractivity contribution in [3.8, 4) is 5.95 Å². The van der Waals surface area contributed by atoms with E-state index < -0.39 is 6.08 Å². The zero-order chi connectivity index (χ0) is 17.0. The van der Waals surface area contributed by atoms with Gasteiger partial charge in [0.2, 0.25) is 0 Å². The van der Waals surface area contributed by atoms with Crippen molar-refractivity contribution in [2.24, 2.45) is 0 Å². The van der Waals surface area contributed by atoms with Crippen molar-refractivity contribution in [1.29, 1.82) is 0 Å². The molecule has 5 rings (SSSR count). The number of methoxy groups -OCH3 is 1. The third-order valence-corrected chi connectivity index (χ3v) is 4.06. The number of ether oxygens (including phenoxy) is 1. The number of imidazole rings is 1. The Hall–Kier alpha value is -3.40. The standard InChI is InChI=1S/C15H11FN8O/c1-25-8-9-6-18-21-24(9)15-20-19-13-10-4-2-3-5-11(10)22-12(23(13)15)7-17-14(22)16/h2-7H,8H2,1H3. The summed E-state index contributed by atoms with van der Waals surface area (Å²) in [4.78, 5) is 3.81. The molecule has 124 valence electrons. The molecule has 4 heterocycles. The van der Waals surface area contributed by atoms with Crippen LogP contribution in [0, 0.1) is 6.08 Å². The van der Waals surface area contributed by atoms with Gasteiger partial charge in [-0.05, 0) is 12.1 Å². The van der Waals surface area contributed by atoms with Crippen LogP contribution in [0.15, 0.2) is 36.7 Å². The highest BCUT2D eigenvalue weighted by Crippen LogP contribution is 2.25. The topological polar surface area (TPSA) is 87.4 Å². The van der Waals surface area contributed by atoms with Gasteiger partial charge in [0, 0.05) is 12.5 Å². The summed E-state index contributed by atoms with van der Waals surface area (Å²) in [6, 6.07) is 7.37. The van der Waals surface area contributed by atoms with Crippen LogP contribution in [0.1, 0.15) is 5.69 Å². The Labute approximate surface area is 139 Å². The lowest BCUT2D eigenvalue weighted by Crippen LogP contribution is -2.09. The van der Waals surface area contributed by atoms with Gasteiger partial charge in [-0.3, -0.25) is 4.40 Å². The third-order valence-electron chi connectivity index (χ3n) is 4.06. The molecule has 0 radical (unpaired) electrons. The van der Waals surface area contributed by atoms with Gasteiger partial charge >= 0.3 is 0 Å². The number of rotatable bonds is 3. The quantitative estimate of drug-likeness (QED) is 0.494. The summed E-state index contributed by atoms with van der Waals surface area (Å²) in [6.45, 7) is 0.305. The minimum atomic E-state index is -0.608. The number of nitrogens with zero attached hydrogens (tertiary/aromatic N) is 8. The Morgan fingerprint density at radius 1 is 1.12 bits per heavy atom. The molecule has 4 aromatic heterocycles. The van der Waals surface area contributed by atoms with Crippen LogP contribution in [-0.4, -0.2) is 46.1 Å². The molecule has 0 amide bonds. The Morgan fingerprint density at radius 2 is 2.00 bits per heavy atom. The first-order valence-corrected chi connectivity index (χ1v) is 7.47. The third kappa shape index (κ3) is 1.82. The normalized spacial score (nSPS) is 11.9. The minimum absolute atomic E-state index is 0.305. The van der Waals surface area contributed by atoms with Gasteiger partial charge in [0.15, 0.2) is 5.65 Å². The van der Waals surface area contributed by atoms with Gasteiger partial charge in [-0.2, -0.15) is 9.07 Å². The second-order valence-electron chi connectivity index (χ2n) is 5.47. The van der Waals surface area contributed by atoms with Crippen molar-refractivity contribution in [2.45, 2.75) is 6.61 Å². The average molecular weight is 338 g/mol. The van der Waals surface area contributed by atoms with E-state index in [4.69, 9.17) is 4.74 Å². The largest absolute Gasteiger partial charge is 0.378 e. The molecule has 0 saturated heterocycles. The maximum atomic E-state index is 14.3. The first-order valence-electron chi connectivity index (χ1n) is 7.47. The van der Waals surface area contributed by atoms with E-state index in [1.54, 1.807) is 17.7 Å². The number of benzene rings is 1. The van der Waals surface area contributed by atoms with Crippen LogP contribution in [-0.2, 0) is 11.3 Å². The molecule has 1 aromatic carbocycles. The van der Waals surface area contributed by atoms with Gasteiger partial charge < -0.3 is 4.74 Å². The fourth-order valence-corrected chi connectivity index (χ4v) is 3.03. The fourth-order valence-electron chi connectivity index (χ4n) is 3.03. The number of para-hydroxylation sites is 1. The summed E-state index contributed by atoms with van der Waals surface area (Å²) in [7, 11) is 1.58. The summed E-state index contributed by atoms with van der Waals surface area (Å²) in [6.07, 6.45) is 2.41. The molecule has 0 N–H and O–H groups in total. The predicted molar refractivity (Wildman–Crippen MR) is 84.8 cm³/mol. The number of hydrogen-bond donors (Lipinski definition) is 0. The van der Waals surface area contributed by atoms with Crippen LogP contribution in [0.2, 0.25) is 0 Å². The number of hydrogen-bond acceptors (Lipinski definition) is 6. The van der Waals surface area contributed by atoms with E-state index in [2.05, 4.69) is 25.5 Å². The van der Waals surface area contributed by atoms with Gasteiger partial charge in [-0.1, -0.05) is 17.3 Å². The van der Waals surface area contributed by atoms with E-state index in [1.807, 2.05) is 24.3 Å². The average Bonchev–Trinajstić information content (AvgIpc) is 3.33. The lowest BCUT2D eigenvalue weighted by Gasteiger charge is -2.08. The fraction of sp³-hybridized carbons (Fsp3) is 0.133. The van der Waals surface area contributed by atoms with Gasteiger partial charge in [-0.25, -0.2) is 9.38 Å². The number of halogens is 1. The van der Waals surface area contributed by atoms with E-state index in [0.29, 0.717) is 35.1 Å². The van der Waals surface area contributed by atoms with Gasteiger partial charge in [-0.15, -0.1) is 15.3 Å². The van der Waals surface area contributed by atoms with Crippen molar-refractivity contribution < 1.29 is 9.13 Å². The van der Waals surface area contributed by atoms with E-state index in [-0.39, 0.29) is 0 Å². The van der Waals surface area contributed by atoms with Crippen molar-refractivity contribution in [1.82, 2.24) is 39.0 Å². The molecule has 25 heavy (non-hydrogen) atoms. The van der Waals surface area contributed by atoms with Crippen molar-refractivity contribution >= 4 is 22.2 Å². The summed E-state index contributed by atoms with van der Waals surface area (Å²) >= 11 is 0. The summed E-state index contributed by atoms with van der Waals surface area (Å²) < 4.78 is 24.1. The molecule has 0 aliphatic heterocycles. The molecule has 5 aromatic rings. The highest BCUT2D eigenvalue weighted by Gasteiger charge is 2.20. The molecule has 0 fully saturated rings. The van der Waals surface area contributed by atoms with Crippen LogP contribution >= 0.6 is 0 Å². The van der Waals surface area contributed by atoms with E-state index >= 15 is 0 Å². The molecule has 0 spiro atoms. The van der Waals surface area contributed by atoms with Crippen molar-refractivity contribution in [3.63, 3.8) is 0 Å².